The zero-order chi connectivity index (χ0) is 25.5. The molecule has 1 heterocycles. The van der Waals surface area contributed by atoms with Crippen molar-refractivity contribution in [3.63, 3.8) is 0 Å². The summed E-state index contributed by atoms with van der Waals surface area (Å²) in [6, 6.07) is 5.81. The van der Waals surface area contributed by atoms with Gasteiger partial charge in [0.1, 0.15) is 11.8 Å². The maximum Gasteiger partial charge on any atom is 0.308 e. The minimum Gasteiger partial charge on any atom is -0.481 e. The molecule has 1 N–H and O–H groups in total. The van der Waals surface area contributed by atoms with Gasteiger partial charge in [-0.1, -0.05) is 76.3 Å². The van der Waals surface area contributed by atoms with E-state index < -0.39 is 18.1 Å². The second kappa shape index (κ2) is 16.4. The summed E-state index contributed by atoms with van der Waals surface area (Å²) in [4.78, 5) is 39.3. The van der Waals surface area contributed by atoms with Crippen molar-refractivity contribution in [1.82, 2.24) is 10.2 Å². The van der Waals surface area contributed by atoms with Gasteiger partial charge in [0.25, 0.3) is 5.91 Å². The summed E-state index contributed by atoms with van der Waals surface area (Å²) in [5.74, 6) is -0.655. The van der Waals surface area contributed by atoms with E-state index in [-0.39, 0.29) is 18.2 Å². The molecule has 1 aliphatic rings. The number of hydrogen-bond acceptors (Lipinski definition) is 5. The third-order valence-electron chi connectivity index (χ3n) is 6.21. The minimum absolute atomic E-state index is 0.164. The van der Waals surface area contributed by atoms with Gasteiger partial charge in [0, 0.05) is 18.1 Å². The zero-order valence-electron chi connectivity index (χ0n) is 21.2. The first kappa shape index (κ1) is 29.0. The van der Waals surface area contributed by atoms with Gasteiger partial charge in [-0.3, -0.25) is 14.4 Å². The third-order valence-corrected chi connectivity index (χ3v) is 6.46. The Bertz CT molecular complexity index is 786. The molecule has 0 saturated carbocycles. The normalized spacial score (nSPS) is 16.5. The predicted molar refractivity (Wildman–Crippen MR) is 137 cm³/mol. The van der Waals surface area contributed by atoms with Crippen LogP contribution in [0.25, 0.3) is 0 Å². The van der Waals surface area contributed by atoms with Crippen LogP contribution in [0.3, 0.4) is 0 Å². The van der Waals surface area contributed by atoms with Gasteiger partial charge in [-0.2, -0.15) is 0 Å². The standard InChI is InChI=1S/C27H41ClN2O5/c1-3-4-5-6-7-8-9-10-11-12-19-34-25(31)20-24-26(32)29-17-18-30(24)27(33)21(2)35-23-15-13-22(28)14-16-23/h13-16,21,24H,3-12,17-20H2,1-2H3,(H,29,32). The minimum atomic E-state index is -0.896. The van der Waals surface area contributed by atoms with Crippen LogP contribution in [-0.2, 0) is 19.1 Å². The summed E-state index contributed by atoms with van der Waals surface area (Å²) in [6.45, 7) is 4.85. The quantitative estimate of drug-likeness (QED) is 0.242. The van der Waals surface area contributed by atoms with Gasteiger partial charge < -0.3 is 19.7 Å². The Hall–Kier alpha value is -2.28. The maximum absolute atomic E-state index is 13.0. The lowest BCUT2D eigenvalue weighted by Gasteiger charge is -2.36. The summed E-state index contributed by atoms with van der Waals surface area (Å²) < 4.78 is 11.1. The van der Waals surface area contributed by atoms with Gasteiger partial charge >= 0.3 is 5.97 Å². The average molecular weight is 509 g/mol. The molecule has 8 heteroatoms. The maximum atomic E-state index is 13.0. The Morgan fingerprint density at radius 1 is 1.03 bits per heavy atom. The first-order chi connectivity index (χ1) is 16.9. The Morgan fingerprint density at radius 3 is 2.26 bits per heavy atom. The van der Waals surface area contributed by atoms with Crippen molar-refractivity contribution in [1.29, 1.82) is 0 Å². The van der Waals surface area contributed by atoms with Gasteiger partial charge in [0.05, 0.1) is 13.0 Å². The highest BCUT2D eigenvalue weighted by molar-refractivity contribution is 6.30. The molecule has 1 aromatic rings. The molecule has 1 aromatic carbocycles. The number of ether oxygens (including phenoxy) is 2. The number of piperazine rings is 1. The summed E-state index contributed by atoms with van der Waals surface area (Å²) in [5, 5.41) is 3.30. The second-order valence-corrected chi connectivity index (χ2v) is 9.60. The summed E-state index contributed by atoms with van der Waals surface area (Å²) in [7, 11) is 0. The third kappa shape index (κ3) is 10.9. The van der Waals surface area contributed by atoms with Gasteiger partial charge in [0.15, 0.2) is 6.10 Å². The number of hydrogen-bond donors (Lipinski definition) is 1. The number of carbonyl (C=O) groups excluding carboxylic acids is 3. The first-order valence-corrected chi connectivity index (χ1v) is 13.5. The highest BCUT2D eigenvalue weighted by Gasteiger charge is 2.37. The Balaban J connectivity index is 1.70. The van der Waals surface area contributed by atoms with Crippen LogP contribution in [0.5, 0.6) is 5.75 Å². The van der Waals surface area contributed by atoms with E-state index in [0.29, 0.717) is 30.5 Å². The Labute approximate surface area is 214 Å². The topological polar surface area (TPSA) is 84.9 Å². The van der Waals surface area contributed by atoms with Crippen molar-refractivity contribution in [3.8, 4) is 5.75 Å². The Kier molecular flexibility index (Phi) is 13.6. The van der Waals surface area contributed by atoms with Crippen LogP contribution in [-0.4, -0.2) is 54.5 Å². The van der Waals surface area contributed by atoms with Crippen molar-refractivity contribution >= 4 is 29.4 Å². The summed E-state index contributed by atoms with van der Waals surface area (Å²) in [5.41, 5.74) is 0. The van der Waals surface area contributed by atoms with Crippen molar-refractivity contribution in [3.05, 3.63) is 29.3 Å². The van der Waals surface area contributed by atoms with E-state index in [0.717, 1.165) is 19.3 Å². The smallest absolute Gasteiger partial charge is 0.308 e. The van der Waals surface area contributed by atoms with E-state index in [1.54, 1.807) is 31.2 Å². The van der Waals surface area contributed by atoms with Crippen LogP contribution in [0.1, 0.15) is 84.5 Å². The van der Waals surface area contributed by atoms with Gasteiger partial charge in [-0.05, 0) is 37.6 Å². The lowest BCUT2D eigenvalue weighted by molar-refractivity contribution is -0.154. The molecular formula is C27H41ClN2O5. The lowest BCUT2D eigenvalue weighted by atomic mass is 10.1. The number of nitrogens with zero attached hydrogens (tertiary/aromatic N) is 1. The number of halogens is 1. The summed E-state index contributed by atoms with van der Waals surface area (Å²) in [6.07, 6.45) is 11.1. The highest BCUT2D eigenvalue weighted by atomic mass is 35.5. The molecule has 0 aromatic heterocycles. The molecule has 1 saturated heterocycles. The fraction of sp³-hybridized carbons (Fsp3) is 0.667. The molecular weight excluding hydrogens is 468 g/mol. The van der Waals surface area contributed by atoms with Crippen molar-refractivity contribution in [2.75, 3.05) is 19.7 Å². The molecule has 1 aliphatic heterocycles. The first-order valence-electron chi connectivity index (χ1n) is 13.1. The largest absolute Gasteiger partial charge is 0.481 e. The molecule has 2 atom stereocenters. The summed E-state index contributed by atoms with van der Waals surface area (Å²) >= 11 is 5.89. The SMILES string of the molecule is CCCCCCCCCCCCOC(=O)CC1C(=O)NCCN1C(=O)C(C)Oc1ccc(Cl)cc1. The van der Waals surface area contributed by atoms with Gasteiger partial charge in [-0.15, -0.1) is 0 Å². The zero-order valence-corrected chi connectivity index (χ0v) is 22.0. The molecule has 2 amide bonds. The van der Waals surface area contributed by atoms with Crippen molar-refractivity contribution in [2.24, 2.45) is 0 Å². The second-order valence-electron chi connectivity index (χ2n) is 9.16. The van der Waals surface area contributed by atoms with Gasteiger partial charge in [0.2, 0.25) is 5.91 Å². The average Bonchev–Trinajstić information content (AvgIpc) is 2.84. The monoisotopic (exact) mass is 508 g/mol. The van der Waals surface area contributed by atoms with Gasteiger partial charge in [-0.25, -0.2) is 0 Å². The predicted octanol–water partition coefficient (Wildman–Crippen LogP) is 5.29. The number of amides is 2. The van der Waals surface area contributed by atoms with Crippen molar-refractivity contribution in [2.45, 2.75) is 96.6 Å². The molecule has 0 radical (unpaired) electrons. The molecule has 1 fully saturated rings. The molecule has 7 nitrogen and oxygen atoms in total. The number of unbranched alkanes of at least 4 members (excludes halogenated alkanes) is 9. The molecule has 2 rings (SSSR count). The van der Waals surface area contributed by atoms with Crippen LogP contribution < -0.4 is 10.1 Å². The number of rotatable bonds is 16. The van der Waals surface area contributed by atoms with E-state index in [1.165, 1.54) is 49.8 Å². The number of nitrogens with one attached hydrogen (secondary N) is 1. The van der Waals surface area contributed by atoms with E-state index in [1.807, 2.05) is 0 Å². The van der Waals surface area contributed by atoms with E-state index in [4.69, 9.17) is 21.1 Å². The lowest BCUT2D eigenvalue weighted by Crippen LogP contribution is -2.60. The molecule has 2 unspecified atom stereocenters. The fourth-order valence-electron chi connectivity index (χ4n) is 4.17. The number of esters is 1. The van der Waals surface area contributed by atoms with Crippen LogP contribution in [0.4, 0.5) is 0 Å². The van der Waals surface area contributed by atoms with Crippen LogP contribution in [0, 0.1) is 0 Å². The van der Waals surface area contributed by atoms with Crippen LogP contribution >= 0.6 is 11.6 Å². The molecule has 0 aliphatic carbocycles. The van der Waals surface area contributed by atoms with Crippen LogP contribution in [0.15, 0.2) is 24.3 Å². The van der Waals surface area contributed by atoms with E-state index in [9.17, 15) is 14.4 Å². The Morgan fingerprint density at radius 2 is 1.63 bits per heavy atom. The number of carbonyl (C=O) groups is 3. The number of benzene rings is 1. The molecule has 196 valence electrons. The van der Waals surface area contributed by atoms with Crippen LogP contribution in [0.2, 0.25) is 5.02 Å². The molecule has 0 spiro atoms. The fourth-order valence-corrected chi connectivity index (χ4v) is 4.30. The molecule has 0 bridgehead atoms. The van der Waals surface area contributed by atoms with E-state index >= 15 is 0 Å². The highest BCUT2D eigenvalue weighted by Crippen LogP contribution is 2.19. The van der Waals surface area contributed by atoms with Crippen molar-refractivity contribution < 1.29 is 23.9 Å². The van der Waals surface area contributed by atoms with E-state index in [2.05, 4.69) is 12.2 Å². The molecule has 35 heavy (non-hydrogen) atoms.